The quantitative estimate of drug-likeness (QED) is 0.329. The maximum absolute atomic E-state index is 13.7. The van der Waals surface area contributed by atoms with Gasteiger partial charge in [-0.3, -0.25) is 9.59 Å². The van der Waals surface area contributed by atoms with Gasteiger partial charge in [0.2, 0.25) is 0 Å². The van der Waals surface area contributed by atoms with E-state index in [4.69, 9.17) is 9.47 Å². The number of anilines is 1. The van der Waals surface area contributed by atoms with E-state index < -0.39 is 11.5 Å². The third kappa shape index (κ3) is 5.24. The Balaban J connectivity index is 1.67. The van der Waals surface area contributed by atoms with E-state index in [1.54, 1.807) is 50.6 Å². The maximum atomic E-state index is 13.7. The van der Waals surface area contributed by atoms with E-state index in [-0.39, 0.29) is 24.5 Å². The fraction of sp³-hybridized carbons (Fsp3) is 0.214. The Bertz CT molecular complexity index is 1420. The number of carbonyl (C=O) groups excluding carboxylic acids is 1. The molecule has 0 bridgehead atoms. The summed E-state index contributed by atoms with van der Waals surface area (Å²) in [4.78, 5) is 29.2. The highest BCUT2D eigenvalue weighted by molar-refractivity contribution is 7.98. The summed E-state index contributed by atoms with van der Waals surface area (Å²) in [5, 5.41) is 11.5. The van der Waals surface area contributed by atoms with E-state index in [1.165, 1.54) is 21.2 Å². The lowest BCUT2D eigenvalue weighted by atomic mass is 10.1. The number of hydrogen-bond acceptors (Lipinski definition) is 6. The minimum atomic E-state index is -0.598. The summed E-state index contributed by atoms with van der Waals surface area (Å²) >= 11 is 1.51. The highest BCUT2D eigenvalue weighted by Gasteiger charge is 2.27. The molecular formula is C28H28N2O5S. The predicted molar refractivity (Wildman–Crippen MR) is 143 cm³/mol. The van der Waals surface area contributed by atoms with Gasteiger partial charge in [-0.25, -0.2) is 0 Å². The van der Waals surface area contributed by atoms with Gasteiger partial charge >= 0.3 is 0 Å². The molecule has 1 heterocycles. The average Bonchev–Trinajstić information content (AvgIpc) is 2.92. The second kappa shape index (κ2) is 11.3. The molecule has 0 aliphatic heterocycles. The molecule has 0 aliphatic carbocycles. The van der Waals surface area contributed by atoms with Crippen LogP contribution in [0.3, 0.4) is 0 Å². The summed E-state index contributed by atoms with van der Waals surface area (Å²) in [7, 11) is 3.14. The Morgan fingerprint density at radius 1 is 1.06 bits per heavy atom. The Hall–Kier alpha value is -3.75. The van der Waals surface area contributed by atoms with E-state index in [1.807, 2.05) is 42.7 Å². The Labute approximate surface area is 213 Å². The van der Waals surface area contributed by atoms with E-state index >= 15 is 0 Å². The topological polar surface area (TPSA) is 81.0 Å². The van der Waals surface area contributed by atoms with Crippen LogP contribution in [0.5, 0.6) is 11.5 Å². The van der Waals surface area contributed by atoms with Crippen LogP contribution in [-0.2, 0) is 18.4 Å². The van der Waals surface area contributed by atoms with E-state index in [0.717, 1.165) is 10.5 Å². The van der Waals surface area contributed by atoms with Crippen molar-refractivity contribution in [3.8, 4) is 11.5 Å². The van der Waals surface area contributed by atoms with E-state index in [9.17, 15) is 14.7 Å². The predicted octanol–water partition coefficient (Wildman–Crippen LogP) is 4.84. The van der Waals surface area contributed by atoms with Crippen molar-refractivity contribution in [3.63, 3.8) is 0 Å². The highest BCUT2D eigenvalue weighted by atomic mass is 32.2. The minimum absolute atomic E-state index is 0.199. The smallest absolute Gasteiger partial charge is 0.267 e. The highest BCUT2D eigenvalue weighted by Crippen LogP contribution is 2.31. The summed E-state index contributed by atoms with van der Waals surface area (Å²) < 4.78 is 12.5. The van der Waals surface area contributed by atoms with Gasteiger partial charge < -0.3 is 24.0 Å². The molecule has 0 radical (unpaired) electrons. The molecule has 7 nitrogen and oxygen atoms in total. The summed E-state index contributed by atoms with van der Waals surface area (Å²) in [6.07, 6.45) is 1.92. The zero-order valence-corrected chi connectivity index (χ0v) is 21.2. The van der Waals surface area contributed by atoms with E-state index in [2.05, 4.69) is 0 Å². The Kier molecular flexibility index (Phi) is 7.97. The fourth-order valence-electron chi connectivity index (χ4n) is 3.96. The number of amides is 1. The van der Waals surface area contributed by atoms with Gasteiger partial charge in [0.1, 0.15) is 23.7 Å². The number of aromatic nitrogens is 1. The number of aromatic hydroxyl groups is 1. The van der Waals surface area contributed by atoms with Gasteiger partial charge in [0.15, 0.2) is 0 Å². The first-order chi connectivity index (χ1) is 17.4. The van der Waals surface area contributed by atoms with Crippen LogP contribution in [0.15, 0.2) is 82.5 Å². The van der Waals surface area contributed by atoms with Gasteiger partial charge in [-0.1, -0.05) is 30.3 Å². The fourth-order valence-corrected chi connectivity index (χ4v) is 4.40. The second-order valence-electron chi connectivity index (χ2n) is 8.19. The van der Waals surface area contributed by atoms with Gasteiger partial charge in [-0.15, -0.1) is 11.8 Å². The number of hydrogen-bond donors (Lipinski definition) is 1. The van der Waals surface area contributed by atoms with Crippen LogP contribution in [0.2, 0.25) is 0 Å². The van der Waals surface area contributed by atoms with Crippen molar-refractivity contribution in [1.29, 1.82) is 0 Å². The SMILES string of the molecule is COCCN(C(=O)c1c(O)c2cc(SC)ccc2n(C)c1=O)c1ccc(OCc2ccccc2)cc1. The number of carbonyl (C=O) groups is 1. The second-order valence-corrected chi connectivity index (χ2v) is 9.07. The number of rotatable bonds is 9. The summed E-state index contributed by atoms with van der Waals surface area (Å²) in [5.74, 6) is -0.269. The van der Waals surface area contributed by atoms with Crippen molar-refractivity contribution in [2.75, 3.05) is 31.4 Å². The molecule has 0 saturated heterocycles. The van der Waals surface area contributed by atoms with Crippen molar-refractivity contribution in [1.82, 2.24) is 4.57 Å². The van der Waals surface area contributed by atoms with Gasteiger partial charge in [-0.2, -0.15) is 0 Å². The molecule has 0 spiro atoms. The number of ether oxygens (including phenoxy) is 2. The molecule has 186 valence electrons. The lowest BCUT2D eigenvalue weighted by Crippen LogP contribution is -2.38. The molecule has 0 atom stereocenters. The first-order valence-electron chi connectivity index (χ1n) is 11.4. The molecule has 8 heteroatoms. The van der Waals surface area contributed by atoms with Gasteiger partial charge in [-0.05, 0) is 54.3 Å². The molecule has 0 saturated carbocycles. The van der Waals surface area contributed by atoms with Crippen LogP contribution in [-0.4, -0.2) is 42.1 Å². The summed E-state index contributed by atoms with van der Waals surface area (Å²) in [6, 6.07) is 22.3. The standard InChI is InChI=1S/C28H28N2O5S/c1-29-24-14-13-22(36-3)17-23(24)26(31)25(27(29)32)28(33)30(15-16-34-2)20-9-11-21(12-10-20)35-18-19-7-5-4-6-8-19/h4-14,17,31H,15-16,18H2,1-3H3. The van der Waals surface area contributed by atoms with Crippen LogP contribution in [0.25, 0.3) is 10.9 Å². The van der Waals surface area contributed by atoms with Crippen molar-refractivity contribution >= 4 is 34.3 Å². The van der Waals surface area contributed by atoms with Crippen molar-refractivity contribution < 1.29 is 19.4 Å². The van der Waals surface area contributed by atoms with Crippen molar-refractivity contribution in [2.45, 2.75) is 11.5 Å². The molecule has 1 aromatic heterocycles. The molecule has 3 aromatic carbocycles. The molecule has 4 rings (SSSR count). The molecular weight excluding hydrogens is 476 g/mol. The van der Waals surface area contributed by atoms with Crippen LogP contribution in [0, 0.1) is 0 Å². The van der Waals surface area contributed by atoms with Gasteiger partial charge in [0, 0.05) is 36.7 Å². The zero-order chi connectivity index (χ0) is 25.7. The van der Waals surface area contributed by atoms with Crippen molar-refractivity contribution in [2.24, 2.45) is 7.05 Å². The third-order valence-electron chi connectivity index (χ3n) is 5.95. The summed E-state index contributed by atoms with van der Waals surface area (Å²) in [6.45, 7) is 0.875. The molecule has 1 N–H and O–H groups in total. The normalized spacial score (nSPS) is 11.0. The largest absolute Gasteiger partial charge is 0.506 e. The Morgan fingerprint density at radius 3 is 2.44 bits per heavy atom. The molecule has 0 fully saturated rings. The maximum Gasteiger partial charge on any atom is 0.267 e. The minimum Gasteiger partial charge on any atom is -0.506 e. The average molecular weight is 505 g/mol. The number of aryl methyl sites for hydroxylation is 1. The monoisotopic (exact) mass is 504 g/mol. The van der Waals surface area contributed by atoms with Crippen LogP contribution < -0.4 is 15.2 Å². The van der Waals surface area contributed by atoms with E-state index in [0.29, 0.717) is 28.9 Å². The first kappa shape index (κ1) is 25.3. The number of pyridine rings is 1. The zero-order valence-electron chi connectivity index (χ0n) is 20.4. The number of thioether (sulfide) groups is 1. The van der Waals surface area contributed by atoms with Crippen LogP contribution in [0.4, 0.5) is 5.69 Å². The summed E-state index contributed by atoms with van der Waals surface area (Å²) in [5.41, 5.74) is 1.32. The third-order valence-corrected chi connectivity index (χ3v) is 6.68. The number of fused-ring (bicyclic) bond motifs is 1. The van der Waals surface area contributed by atoms with Gasteiger partial charge in [0.25, 0.3) is 11.5 Å². The number of methoxy groups -OCH3 is 1. The molecule has 4 aromatic rings. The molecule has 36 heavy (non-hydrogen) atoms. The molecule has 0 unspecified atom stereocenters. The lowest BCUT2D eigenvalue weighted by molar-refractivity contribution is 0.0971. The van der Waals surface area contributed by atoms with Gasteiger partial charge in [0.05, 0.1) is 12.1 Å². The Morgan fingerprint density at radius 2 is 1.78 bits per heavy atom. The number of nitrogens with zero attached hydrogens (tertiary/aromatic N) is 2. The lowest BCUT2D eigenvalue weighted by Gasteiger charge is -2.24. The molecule has 1 amide bonds. The first-order valence-corrected chi connectivity index (χ1v) is 12.6. The van der Waals surface area contributed by atoms with Crippen LogP contribution in [0.1, 0.15) is 15.9 Å². The molecule has 0 aliphatic rings. The van der Waals surface area contributed by atoms with Crippen LogP contribution >= 0.6 is 11.8 Å². The number of benzene rings is 3. The van der Waals surface area contributed by atoms with Crippen molar-refractivity contribution in [3.05, 3.63) is 94.3 Å².